The molecule has 0 saturated carbocycles. The van der Waals surface area contributed by atoms with E-state index in [0.717, 1.165) is 11.1 Å². The molecule has 0 N–H and O–H groups in total. The largest absolute Gasteiger partial charge is 0.490 e. The van der Waals surface area contributed by atoms with Crippen LogP contribution in [0.25, 0.3) is 22.3 Å². The molecule has 0 fully saturated rings. The van der Waals surface area contributed by atoms with Gasteiger partial charge in [-0.3, -0.25) is 0 Å². The van der Waals surface area contributed by atoms with Crippen molar-refractivity contribution in [3.05, 3.63) is 107 Å². The average Bonchev–Trinajstić information content (AvgIpc) is 3.00. The maximum Gasteiger partial charge on any atom is 0.391 e. The maximum absolute atomic E-state index is 14.6. The minimum atomic E-state index is -4.41. The first-order chi connectivity index (χ1) is 21.5. The molecule has 0 aromatic heterocycles. The van der Waals surface area contributed by atoms with Gasteiger partial charge in [0.2, 0.25) is 11.6 Å². The Balaban J connectivity index is 1.20. The summed E-state index contributed by atoms with van der Waals surface area (Å²) in [7, 11) is 0. The van der Waals surface area contributed by atoms with Crippen LogP contribution in [0.4, 0.5) is 30.7 Å². The van der Waals surface area contributed by atoms with Crippen LogP contribution in [0, 0.1) is 43.0 Å². The van der Waals surface area contributed by atoms with Crippen LogP contribution < -0.4 is 9.47 Å². The van der Waals surface area contributed by atoms with Gasteiger partial charge in [0, 0.05) is 11.1 Å². The fraction of sp³-hybridized carbons (Fsp3) is 0.333. The number of alkyl halides is 3. The minimum Gasteiger partial charge on any atom is -0.490 e. The van der Waals surface area contributed by atoms with Gasteiger partial charge in [0.1, 0.15) is 0 Å². The van der Waals surface area contributed by atoms with Gasteiger partial charge >= 0.3 is 6.18 Å². The summed E-state index contributed by atoms with van der Waals surface area (Å²) < 4.78 is 110. The number of aryl methyl sites for hydroxylation is 2. The van der Waals surface area contributed by atoms with Crippen molar-refractivity contribution in [3.8, 4) is 33.8 Å². The van der Waals surface area contributed by atoms with Gasteiger partial charge in [-0.15, -0.1) is 0 Å². The predicted octanol–water partition coefficient (Wildman–Crippen LogP) is 11.2. The Hall–Kier alpha value is -4.01. The van der Waals surface area contributed by atoms with Crippen LogP contribution in [0.3, 0.4) is 0 Å². The Morgan fingerprint density at radius 1 is 0.511 bits per heavy atom. The molecule has 0 atom stereocenters. The van der Waals surface area contributed by atoms with Crippen molar-refractivity contribution in [2.24, 2.45) is 5.92 Å². The quantitative estimate of drug-likeness (QED) is 0.102. The van der Waals surface area contributed by atoms with Crippen LogP contribution in [0.2, 0.25) is 0 Å². The molecule has 4 aromatic carbocycles. The standard InChI is InChI=1S/C36H35F7O2/c1-23-9-13-25(14-10-23)28-17-19-30(34(39)32(28)37)44-21-5-3-7-27(36(41,42)43)8-4-6-22-45-31-20-18-29(33(38)35(31)40)26-15-11-24(2)12-16-26/h9-20,27H,3-8,21-22H2,1-2H3. The summed E-state index contributed by atoms with van der Waals surface area (Å²) in [5, 5.41) is 0. The first kappa shape index (κ1) is 33.9. The van der Waals surface area contributed by atoms with Gasteiger partial charge < -0.3 is 9.47 Å². The van der Waals surface area contributed by atoms with E-state index >= 15 is 0 Å². The molecule has 2 nitrogen and oxygen atoms in total. The van der Waals surface area contributed by atoms with Crippen molar-refractivity contribution in [2.75, 3.05) is 13.2 Å². The van der Waals surface area contributed by atoms with E-state index in [4.69, 9.17) is 9.47 Å². The lowest BCUT2D eigenvalue weighted by Gasteiger charge is -2.20. The molecule has 0 radical (unpaired) electrons. The number of ether oxygens (including phenoxy) is 2. The molecule has 4 aromatic rings. The van der Waals surface area contributed by atoms with Gasteiger partial charge in [-0.05, 0) is 87.8 Å². The fourth-order valence-electron chi connectivity index (χ4n) is 5.02. The zero-order valence-corrected chi connectivity index (χ0v) is 25.1. The highest BCUT2D eigenvalue weighted by Crippen LogP contribution is 2.35. The number of benzene rings is 4. The summed E-state index contributed by atoms with van der Waals surface area (Å²) in [5.41, 5.74) is 3.17. The van der Waals surface area contributed by atoms with Gasteiger partial charge in [0.05, 0.1) is 19.1 Å². The molecular weight excluding hydrogens is 597 g/mol. The number of rotatable bonds is 14. The van der Waals surface area contributed by atoms with Gasteiger partial charge in [-0.2, -0.15) is 22.0 Å². The summed E-state index contributed by atoms with van der Waals surface area (Å²) in [4.78, 5) is 0. The molecule has 4 rings (SSSR count). The van der Waals surface area contributed by atoms with E-state index in [1.165, 1.54) is 24.3 Å². The summed E-state index contributed by atoms with van der Waals surface area (Å²) in [5.74, 6) is -6.55. The van der Waals surface area contributed by atoms with E-state index in [1.807, 2.05) is 13.8 Å². The second kappa shape index (κ2) is 15.3. The smallest absolute Gasteiger partial charge is 0.391 e. The third-order valence-electron chi connectivity index (χ3n) is 7.69. The Kier molecular flexibility index (Phi) is 11.5. The SMILES string of the molecule is Cc1ccc(-c2ccc(OCCCCC(CCCCOc3ccc(-c4ccc(C)cc4)c(F)c3F)C(F)(F)F)c(F)c2F)cc1. The number of hydrogen-bond donors (Lipinski definition) is 0. The van der Waals surface area contributed by atoms with Crippen molar-refractivity contribution in [1.82, 2.24) is 0 Å². The molecule has 9 heteroatoms. The van der Waals surface area contributed by atoms with Gasteiger partial charge in [-0.25, -0.2) is 8.78 Å². The summed E-state index contributed by atoms with van der Waals surface area (Å²) in [6.07, 6.45) is -3.94. The van der Waals surface area contributed by atoms with Crippen LogP contribution in [0.1, 0.15) is 49.7 Å². The summed E-state index contributed by atoms with van der Waals surface area (Å²) >= 11 is 0. The van der Waals surface area contributed by atoms with Crippen LogP contribution >= 0.6 is 0 Å². The normalized spacial score (nSPS) is 11.7. The molecule has 240 valence electrons. The number of unbranched alkanes of at least 4 members (excludes halogenated alkanes) is 2. The lowest BCUT2D eigenvalue weighted by molar-refractivity contribution is -0.178. The highest BCUT2D eigenvalue weighted by Gasteiger charge is 2.38. The molecule has 0 bridgehead atoms. The molecule has 0 saturated heterocycles. The summed E-state index contributed by atoms with van der Waals surface area (Å²) in [6.45, 7) is 3.63. The van der Waals surface area contributed by atoms with E-state index in [-0.39, 0.29) is 74.4 Å². The van der Waals surface area contributed by atoms with Crippen molar-refractivity contribution in [2.45, 2.75) is 58.5 Å². The lowest BCUT2D eigenvalue weighted by atomic mass is 9.95. The number of halogens is 7. The molecule has 0 aliphatic heterocycles. The third kappa shape index (κ3) is 9.02. The van der Waals surface area contributed by atoms with Crippen molar-refractivity contribution < 1.29 is 40.2 Å². The molecule has 0 heterocycles. The van der Waals surface area contributed by atoms with Crippen molar-refractivity contribution in [1.29, 1.82) is 0 Å². The van der Waals surface area contributed by atoms with Crippen LogP contribution in [-0.4, -0.2) is 19.4 Å². The zero-order valence-electron chi connectivity index (χ0n) is 25.1. The zero-order chi connectivity index (χ0) is 32.6. The Labute approximate surface area is 258 Å². The highest BCUT2D eigenvalue weighted by atomic mass is 19.4. The van der Waals surface area contributed by atoms with E-state index in [9.17, 15) is 30.7 Å². The van der Waals surface area contributed by atoms with E-state index in [1.54, 1.807) is 48.5 Å². The molecule has 0 spiro atoms. The molecule has 0 aliphatic rings. The fourth-order valence-corrected chi connectivity index (χ4v) is 5.02. The molecule has 0 unspecified atom stereocenters. The van der Waals surface area contributed by atoms with Crippen molar-refractivity contribution >= 4 is 0 Å². The molecule has 0 amide bonds. The van der Waals surface area contributed by atoms with Crippen LogP contribution in [0.5, 0.6) is 11.5 Å². The summed E-state index contributed by atoms with van der Waals surface area (Å²) in [6, 6.07) is 19.3. The van der Waals surface area contributed by atoms with Crippen molar-refractivity contribution in [3.63, 3.8) is 0 Å². The van der Waals surface area contributed by atoms with Gasteiger partial charge in [0.15, 0.2) is 23.1 Å². The number of hydrogen-bond acceptors (Lipinski definition) is 2. The average molecular weight is 633 g/mol. The van der Waals surface area contributed by atoms with Crippen LogP contribution in [-0.2, 0) is 0 Å². The van der Waals surface area contributed by atoms with Gasteiger partial charge in [-0.1, -0.05) is 59.7 Å². The third-order valence-corrected chi connectivity index (χ3v) is 7.69. The first-order valence-corrected chi connectivity index (χ1v) is 14.9. The molecular formula is C36H35F7O2. The van der Waals surface area contributed by atoms with E-state index < -0.39 is 35.4 Å². The van der Waals surface area contributed by atoms with Gasteiger partial charge in [0.25, 0.3) is 0 Å². The second-order valence-corrected chi connectivity index (χ2v) is 11.1. The molecule has 0 aliphatic carbocycles. The first-order valence-electron chi connectivity index (χ1n) is 14.9. The van der Waals surface area contributed by atoms with E-state index in [2.05, 4.69) is 0 Å². The Morgan fingerprint density at radius 2 is 0.889 bits per heavy atom. The topological polar surface area (TPSA) is 18.5 Å². The lowest BCUT2D eigenvalue weighted by Crippen LogP contribution is -2.23. The maximum atomic E-state index is 14.6. The Bertz CT molecular complexity index is 1440. The van der Waals surface area contributed by atoms with Crippen LogP contribution in [0.15, 0.2) is 72.8 Å². The molecule has 45 heavy (non-hydrogen) atoms. The Morgan fingerprint density at radius 3 is 1.24 bits per heavy atom. The van der Waals surface area contributed by atoms with E-state index in [0.29, 0.717) is 11.1 Å². The predicted molar refractivity (Wildman–Crippen MR) is 161 cm³/mol. The highest BCUT2D eigenvalue weighted by molar-refractivity contribution is 5.66. The second-order valence-electron chi connectivity index (χ2n) is 11.1. The minimum absolute atomic E-state index is 0.0660. The monoisotopic (exact) mass is 632 g/mol.